The van der Waals surface area contributed by atoms with E-state index in [1.807, 2.05) is 22.9 Å². The van der Waals surface area contributed by atoms with Gasteiger partial charge in [0.2, 0.25) is 0 Å². The number of aromatic nitrogens is 2. The summed E-state index contributed by atoms with van der Waals surface area (Å²) in [6, 6.07) is 8.25. The van der Waals surface area contributed by atoms with E-state index in [0.29, 0.717) is 19.1 Å². The Hall–Kier alpha value is -1.61. The highest BCUT2D eigenvalue weighted by molar-refractivity contribution is 14.0. The van der Waals surface area contributed by atoms with Crippen LogP contribution in [0.2, 0.25) is 0 Å². The molecule has 0 atom stereocenters. The van der Waals surface area contributed by atoms with Gasteiger partial charge in [-0.2, -0.15) is 0 Å². The van der Waals surface area contributed by atoms with Crippen LogP contribution in [0.5, 0.6) is 0 Å². The van der Waals surface area contributed by atoms with Crippen molar-refractivity contribution in [2.75, 3.05) is 26.8 Å². The fraction of sp³-hybridized carbons (Fsp3) is 0.474. The second kappa shape index (κ2) is 12.7. The Morgan fingerprint density at radius 2 is 2.04 bits per heavy atom. The van der Waals surface area contributed by atoms with Crippen molar-refractivity contribution in [3.05, 3.63) is 48.5 Å². The van der Waals surface area contributed by atoms with Crippen LogP contribution < -0.4 is 10.6 Å². The third-order valence-electron chi connectivity index (χ3n) is 3.82. The molecule has 7 heteroatoms. The van der Waals surface area contributed by atoms with E-state index < -0.39 is 0 Å². The van der Waals surface area contributed by atoms with Gasteiger partial charge >= 0.3 is 0 Å². The molecule has 0 unspecified atom stereocenters. The van der Waals surface area contributed by atoms with Crippen molar-refractivity contribution in [2.24, 2.45) is 10.9 Å². The number of nitrogens with zero attached hydrogens (tertiary/aromatic N) is 3. The van der Waals surface area contributed by atoms with E-state index in [2.05, 4.69) is 46.6 Å². The number of imidazole rings is 1. The number of halogens is 1. The SMILES string of the molecule is CN=C(NCCOCCC(C)C)NCc1ccccc1-n1ccnc1.I. The van der Waals surface area contributed by atoms with Crippen LogP contribution in [-0.4, -0.2) is 42.3 Å². The molecule has 0 aliphatic rings. The molecule has 0 saturated heterocycles. The molecular weight excluding hydrogens is 441 g/mol. The van der Waals surface area contributed by atoms with Crippen molar-refractivity contribution < 1.29 is 4.74 Å². The number of hydrogen-bond donors (Lipinski definition) is 2. The van der Waals surface area contributed by atoms with Crippen LogP contribution in [0, 0.1) is 5.92 Å². The van der Waals surface area contributed by atoms with Crippen LogP contribution in [0.15, 0.2) is 48.0 Å². The topological polar surface area (TPSA) is 63.5 Å². The van der Waals surface area contributed by atoms with Crippen molar-refractivity contribution >= 4 is 29.9 Å². The summed E-state index contributed by atoms with van der Waals surface area (Å²) < 4.78 is 7.62. The van der Waals surface area contributed by atoms with Crippen LogP contribution in [0.25, 0.3) is 5.69 Å². The summed E-state index contributed by atoms with van der Waals surface area (Å²) in [6.07, 6.45) is 6.63. The molecule has 144 valence electrons. The number of hydrogen-bond acceptors (Lipinski definition) is 3. The summed E-state index contributed by atoms with van der Waals surface area (Å²) in [4.78, 5) is 8.38. The zero-order valence-electron chi connectivity index (χ0n) is 15.8. The average Bonchev–Trinajstić information content (AvgIpc) is 3.15. The summed E-state index contributed by atoms with van der Waals surface area (Å²) in [5, 5.41) is 6.62. The molecule has 2 aromatic rings. The van der Waals surface area contributed by atoms with Crippen LogP contribution in [0.4, 0.5) is 0 Å². The molecular formula is C19H30IN5O. The van der Waals surface area contributed by atoms with Gasteiger partial charge in [-0.05, 0) is 24.0 Å². The highest BCUT2D eigenvalue weighted by atomic mass is 127. The summed E-state index contributed by atoms with van der Waals surface area (Å²) in [5.74, 6) is 1.45. The molecule has 0 aliphatic heterocycles. The average molecular weight is 471 g/mol. The molecule has 6 nitrogen and oxygen atoms in total. The van der Waals surface area contributed by atoms with Crippen molar-refractivity contribution in [1.82, 2.24) is 20.2 Å². The Kier molecular flexibility index (Phi) is 11.0. The Bertz CT molecular complexity index is 643. The predicted molar refractivity (Wildman–Crippen MR) is 117 cm³/mol. The highest BCUT2D eigenvalue weighted by Crippen LogP contribution is 2.13. The first kappa shape index (κ1) is 22.4. The van der Waals surface area contributed by atoms with E-state index >= 15 is 0 Å². The van der Waals surface area contributed by atoms with Crippen LogP contribution in [0.1, 0.15) is 25.8 Å². The highest BCUT2D eigenvalue weighted by Gasteiger charge is 2.05. The molecule has 1 aromatic heterocycles. The zero-order valence-corrected chi connectivity index (χ0v) is 18.1. The lowest BCUT2D eigenvalue weighted by Crippen LogP contribution is -2.38. The molecule has 0 fully saturated rings. The van der Waals surface area contributed by atoms with Gasteiger partial charge in [0.15, 0.2) is 5.96 Å². The lowest BCUT2D eigenvalue weighted by Gasteiger charge is -2.15. The second-order valence-electron chi connectivity index (χ2n) is 6.25. The first-order chi connectivity index (χ1) is 12.2. The van der Waals surface area contributed by atoms with Gasteiger partial charge in [-0.15, -0.1) is 24.0 Å². The normalized spacial score (nSPS) is 11.3. The molecule has 0 spiro atoms. The molecule has 1 aromatic carbocycles. The lowest BCUT2D eigenvalue weighted by atomic mass is 10.1. The maximum atomic E-state index is 5.61. The van der Waals surface area contributed by atoms with Gasteiger partial charge in [0, 0.05) is 39.1 Å². The quantitative estimate of drug-likeness (QED) is 0.255. The first-order valence-electron chi connectivity index (χ1n) is 8.79. The minimum atomic E-state index is 0. The summed E-state index contributed by atoms with van der Waals surface area (Å²) in [6.45, 7) is 7.32. The molecule has 0 radical (unpaired) electrons. The van der Waals surface area contributed by atoms with Gasteiger partial charge in [-0.1, -0.05) is 32.0 Å². The maximum Gasteiger partial charge on any atom is 0.191 e. The maximum absolute atomic E-state index is 5.61. The number of aliphatic imine (C=N–C) groups is 1. The molecule has 0 saturated carbocycles. The van der Waals surface area contributed by atoms with Crippen LogP contribution in [0.3, 0.4) is 0 Å². The second-order valence-corrected chi connectivity index (χ2v) is 6.25. The fourth-order valence-electron chi connectivity index (χ4n) is 2.38. The number of nitrogens with one attached hydrogen (secondary N) is 2. The summed E-state index contributed by atoms with van der Waals surface area (Å²) in [7, 11) is 1.77. The van der Waals surface area contributed by atoms with E-state index in [1.165, 1.54) is 5.56 Å². The van der Waals surface area contributed by atoms with Crippen molar-refractivity contribution in [2.45, 2.75) is 26.8 Å². The standard InChI is InChI=1S/C19H29N5O.HI/c1-16(2)8-12-25-13-10-22-19(20-3)23-14-17-6-4-5-7-18(17)24-11-9-21-15-24;/h4-7,9,11,15-16H,8,10,12-14H2,1-3H3,(H2,20,22,23);1H. The Morgan fingerprint density at radius 3 is 2.73 bits per heavy atom. The van der Waals surface area contributed by atoms with E-state index in [-0.39, 0.29) is 24.0 Å². The van der Waals surface area contributed by atoms with Gasteiger partial charge in [-0.3, -0.25) is 4.99 Å². The van der Waals surface area contributed by atoms with Gasteiger partial charge in [-0.25, -0.2) is 4.98 Å². The molecule has 26 heavy (non-hydrogen) atoms. The number of para-hydroxylation sites is 1. The van der Waals surface area contributed by atoms with Crippen molar-refractivity contribution in [1.29, 1.82) is 0 Å². The van der Waals surface area contributed by atoms with E-state index in [0.717, 1.165) is 31.2 Å². The fourth-order valence-corrected chi connectivity index (χ4v) is 2.38. The summed E-state index contributed by atoms with van der Waals surface area (Å²) >= 11 is 0. The van der Waals surface area contributed by atoms with Crippen molar-refractivity contribution in [3.63, 3.8) is 0 Å². The molecule has 0 aliphatic carbocycles. The molecule has 0 amide bonds. The van der Waals surface area contributed by atoms with Gasteiger partial charge in [0.1, 0.15) is 0 Å². The number of benzene rings is 1. The number of ether oxygens (including phenoxy) is 1. The Labute approximate surface area is 173 Å². The number of guanidine groups is 1. The van der Waals surface area contributed by atoms with Gasteiger partial charge < -0.3 is 19.9 Å². The van der Waals surface area contributed by atoms with Gasteiger partial charge in [0.25, 0.3) is 0 Å². The Morgan fingerprint density at radius 1 is 1.23 bits per heavy atom. The number of rotatable bonds is 9. The zero-order chi connectivity index (χ0) is 17.9. The summed E-state index contributed by atoms with van der Waals surface area (Å²) in [5.41, 5.74) is 2.29. The third-order valence-corrected chi connectivity index (χ3v) is 3.82. The van der Waals surface area contributed by atoms with E-state index in [1.54, 1.807) is 19.6 Å². The molecule has 1 heterocycles. The molecule has 2 N–H and O–H groups in total. The van der Waals surface area contributed by atoms with Crippen LogP contribution in [-0.2, 0) is 11.3 Å². The lowest BCUT2D eigenvalue weighted by molar-refractivity contribution is 0.128. The van der Waals surface area contributed by atoms with Gasteiger partial charge in [0.05, 0.1) is 18.6 Å². The Balaban J connectivity index is 0.00000338. The first-order valence-corrected chi connectivity index (χ1v) is 8.79. The van der Waals surface area contributed by atoms with E-state index in [4.69, 9.17) is 4.74 Å². The largest absolute Gasteiger partial charge is 0.380 e. The molecule has 2 rings (SSSR count). The minimum absolute atomic E-state index is 0. The van der Waals surface area contributed by atoms with Crippen LogP contribution >= 0.6 is 24.0 Å². The monoisotopic (exact) mass is 471 g/mol. The molecule has 0 bridgehead atoms. The predicted octanol–water partition coefficient (Wildman–Crippen LogP) is 3.22. The third kappa shape index (κ3) is 7.74. The minimum Gasteiger partial charge on any atom is -0.380 e. The smallest absolute Gasteiger partial charge is 0.191 e. The van der Waals surface area contributed by atoms with E-state index in [9.17, 15) is 0 Å². The van der Waals surface area contributed by atoms with Crippen molar-refractivity contribution in [3.8, 4) is 5.69 Å².